The highest BCUT2D eigenvalue weighted by molar-refractivity contribution is 4.84. The summed E-state index contributed by atoms with van der Waals surface area (Å²) in [4.78, 5) is 5.25. The molecule has 0 unspecified atom stereocenters. The normalized spacial score (nSPS) is 23.6. The molecule has 0 aromatic carbocycles. The van der Waals surface area contributed by atoms with Gasteiger partial charge in [0.15, 0.2) is 0 Å². The van der Waals surface area contributed by atoms with Crippen LogP contribution < -0.4 is 5.32 Å². The lowest BCUT2D eigenvalue weighted by atomic mass is 10.1. The molecular formula is C12H25N3. The zero-order valence-electron chi connectivity index (χ0n) is 10.0. The Morgan fingerprint density at radius 3 is 2.53 bits per heavy atom. The Labute approximate surface area is 93.8 Å². The molecule has 2 fully saturated rings. The van der Waals surface area contributed by atoms with E-state index >= 15 is 0 Å². The minimum Gasteiger partial charge on any atom is -0.314 e. The summed E-state index contributed by atoms with van der Waals surface area (Å²) in [6, 6.07) is 0.827. The van der Waals surface area contributed by atoms with Crippen LogP contribution in [0.5, 0.6) is 0 Å². The Balaban J connectivity index is 1.58. The molecule has 88 valence electrons. The number of rotatable bonds is 6. The average molecular weight is 211 g/mol. The van der Waals surface area contributed by atoms with Gasteiger partial charge in [0.05, 0.1) is 0 Å². The molecule has 0 aromatic heterocycles. The van der Waals surface area contributed by atoms with E-state index in [0.29, 0.717) is 0 Å². The standard InChI is InChI=1S/C12H25N3/c1-2-15(12-10-13-11-12)9-5-8-14-6-3-4-7-14/h12-13H,2-11H2,1H3. The van der Waals surface area contributed by atoms with Gasteiger partial charge in [-0.2, -0.15) is 0 Å². The highest BCUT2D eigenvalue weighted by Gasteiger charge is 2.22. The molecule has 2 saturated heterocycles. The van der Waals surface area contributed by atoms with E-state index in [4.69, 9.17) is 0 Å². The van der Waals surface area contributed by atoms with Gasteiger partial charge >= 0.3 is 0 Å². The number of hydrogen-bond donors (Lipinski definition) is 1. The van der Waals surface area contributed by atoms with Gasteiger partial charge in [0.2, 0.25) is 0 Å². The van der Waals surface area contributed by atoms with Crippen LogP contribution in [0.15, 0.2) is 0 Å². The van der Waals surface area contributed by atoms with E-state index < -0.39 is 0 Å². The van der Waals surface area contributed by atoms with Crippen molar-refractivity contribution in [3.8, 4) is 0 Å². The first kappa shape index (κ1) is 11.4. The van der Waals surface area contributed by atoms with Gasteiger partial charge in [-0.15, -0.1) is 0 Å². The van der Waals surface area contributed by atoms with Gasteiger partial charge in [-0.25, -0.2) is 0 Å². The first-order valence-electron chi connectivity index (χ1n) is 6.57. The van der Waals surface area contributed by atoms with E-state index in [9.17, 15) is 0 Å². The van der Waals surface area contributed by atoms with Crippen LogP contribution in [0, 0.1) is 0 Å². The van der Waals surface area contributed by atoms with Crippen molar-refractivity contribution in [3.05, 3.63) is 0 Å². The van der Waals surface area contributed by atoms with Crippen molar-refractivity contribution in [3.63, 3.8) is 0 Å². The van der Waals surface area contributed by atoms with Crippen molar-refractivity contribution < 1.29 is 0 Å². The van der Waals surface area contributed by atoms with Crippen LogP contribution in [0.1, 0.15) is 26.2 Å². The monoisotopic (exact) mass is 211 g/mol. The van der Waals surface area contributed by atoms with Crippen LogP contribution in [0.4, 0.5) is 0 Å². The zero-order chi connectivity index (χ0) is 10.5. The average Bonchev–Trinajstić information content (AvgIpc) is 2.66. The maximum atomic E-state index is 3.36. The summed E-state index contributed by atoms with van der Waals surface area (Å²) in [5.41, 5.74) is 0. The van der Waals surface area contributed by atoms with Crippen molar-refractivity contribution in [2.75, 3.05) is 45.8 Å². The number of nitrogens with zero attached hydrogens (tertiary/aromatic N) is 2. The van der Waals surface area contributed by atoms with E-state index in [0.717, 1.165) is 6.04 Å². The van der Waals surface area contributed by atoms with E-state index in [-0.39, 0.29) is 0 Å². The first-order valence-corrected chi connectivity index (χ1v) is 6.57. The molecule has 3 nitrogen and oxygen atoms in total. The number of hydrogen-bond acceptors (Lipinski definition) is 3. The highest BCUT2D eigenvalue weighted by Crippen LogP contribution is 2.09. The fourth-order valence-electron chi connectivity index (χ4n) is 2.63. The summed E-state index contributed by atoms with van der Waals surface area (Å²) >= 11 is 0. The highest BCUT2D eigenvalue weighted by atomic mass is 15.2. The van der Waals surface area contributed by atoms with Crippen molar-refractivity contribution in [2.24, 2.45) is 0 Å². The zero-order valence-corrected chi connectivity index (χ0v) is 10.0. The first-order chi connectivity index (χ1) is 7.40. The van der Waals surface area contributed by atoms with Crippen LogP contribution in [-0.2, 0) is 0 Å². The molecule has 0 aliphatic carbocycles. The summed E-state index contributed by atoms with van der Waals surface area (Å²) in [7, 11) is 0. The van der Waals surface area contributed by atoms with E-state index in [1.165, 1.54) is 65.1 Å². The van der Waals surface area contributed by atoms with Gasteiger partial charge in [0, 0.05) is 19.1 Å². The Morgan fingerprint density at radius 2 is 2.00 bits per heavy atom. The summed E-state index contributed by atoms with van der Waals surface area (Å²) in [6.45, 7) is 11.2. The van der Waals surface area contributed by atoms with Crippen molar-refractivity contribution in [1.29, 1.82) is 0 Å². The summed E-state index contributed by atoms with van der Waals surface area (Å²) in [5.74, 6) is 0. The topological polar surface area (TPSA) is 18.5 Å². The lowest BCUT2D eigenvalue weighted by Gasteiger charge is -2.37. The molecule has 3 heteroatoms. The quantitative estimate of drug-likeness (QED) is 0.700. The molecule has 0 bridgehead atoms. The Bertz CT molecular complexity index is 174. The number of nitrogens with one attached hydrogen (secondary N) is 1. The Hall–Kier alpha value is -0.120. The maximum absolute atomic E-state index is 3.36. The van der Waals surface area contributed by atoms with Crippen LogP contribution in [0.3, 0.4) is 0 Å². The molecule has 0 saturated carbocycles. The molecule has 0 aromatic rings. The van der Waals surface area contributed by atoms with Gasteiger partial charge in [0.1, 0.15) is 0 Å². The summed E-state index contributed by atoms with van der Waals surface area (Å²) in [6.07, 6.45) is 4.19. The molecule has 2 heterocycles. The van der Waals surface area contributed by atoms with Crippen molar-refractivity contribution in [1.82, 2.24) is 15.1 Å². The lowest BCUT2D eigenvalue weighted by molar-refractivity contribution is 0.145. The Kier molecular flexibility index (Phi) is 4.42. The molecule has 0 radical (unpaired) electrons. The van der Waals surface area contributed by atoms with Gasteiger partial charge in [-0.05, 0) is 52.0 Å². The summed E-state index contributed by atoms with van der Waals surface area (Å²) < 4.78 is 0. The van der Waals surface area contributed by atoms with E-state index in [1.807, 2.05) is 0 Å². The minimum atomic E-state index is 0.827. The molecular weight excluding hydrogens is 186 g/mol. The second kappa shape index (κ2) is 5.83. The lowest BCUT2D eigenvalue weighted by Crippen LogP contribution is -2.57. The summed E-state index contributed by atoms with van der Waals surface area (Å²) in [5, 5.41) is 3.36. The second-order valence-corrected chi connectivity index (χ2v) is 4.84. The second-order valence-electron chi connectivity index (χ2n) is 4.84. The van der Waals surface area contributed by atoms with Gasteiger partial charge in [-0.1, -0.05) is 6.92 Å². The predicted octanol–water partition coefficient (Wildman–Crippen LogP) is 0.766. The fraction of sp³-hybridized carbons (Fsp3) is 1.00. The predicted molar refractivity (Wildman–Crippen MR) is 64.2 cm³/mol. The van der Waals surface area contributed by atoms with Gasteiger partial charge in [0.25, 0.3) is 0 Å². The maximum Gasteiger partial charge on any atom is 0.0345 e. The molecule has 15 heavy (non-hydrogen) atoms. The third-order valence-corrected chi connectivity index (χ3v) is 3.80. The third-order valence-electron chi connectivity index (χ3n) is 3.80. The van der Waals surface area contributed by atoms with Crippen molar-refractivity contribution >= 4 is 0 Å². The van der Waals surface area contributed by atoms with Gasteiger partial charge in [-0.3, -0.25) is 4.90 Å². The van der Waals surface area contributed by atoms with Crippen molar-refractivity contribution in [2.45, 2.75) is 32.2 Å². The van der Waals surface area contributed by atoms with Crippen LogP contribution in [0.25, 0.3) is 0 Å². The molecule has 2 aliphatic rings. The smallest absolute Gasteiger partial charge is 0.0345 e. The molecule has 0 amide bonds. The molecule has 1 N–H and O–H groups in total. The number of likely N-dealkylation sites (tertiary alicyclic amines) is 1. The van der Waals surface area contributed by atoms with E-state index in [2.05, 4.69) is 22.0 Å². The van der Waals surface area contributed by atoms with Gasteiger partial charge < -0.3 is 10.2 Å². The molecule has 0 spiro atoms. The minimum absolute atomic E-state index is 0.827. The SMILES string of the molecule is CCN(CCCN1CCCC1)C1CNC1. The molecule has 2 aliphatic heterocycles. The fourth-order valence-corrected chi connectivity index (χ4v) is 2.63. The largest absolute Gasteiger partial charge is 0.314 e. The third kappa shape index (κ3) is 3.16. The van der Waals surface area contributed by atoms with E-state index in [1.54, 1.807) is 0 Å². The molecule has 2 rings (SSSR count). The van der Waals surface area contributed by atoms with Crippen LogP contribution in [0.2, 0.25) is 0 Å². The van der Waals surface area contributed by atoms with Crippen LogP contribution >= 0.6 is 0 Å². The molecule has 0 atom stereocenters. The number of likely N-dealkylation sites (N-methyl/N-ethyl adjacent to an activating group) is 1. The Morgan fingerprint density at radius 1 is 1.27 bits per heavy atom. The van der Waals surface area contributed by atoms with Crippen LogP contribution in [-0.4, -0.2) is 61.7 Å².